The molecule has 0 bridgehead atoms. The molecule has 1 aromatic heterocycles. The summed E-state index contributed by atoms with van der Waals surface area (Å²) in [6, 6.07) is 1.58. The smallest absolute Gasteiger partial charge is 0.221 e. The largest absolute Gasteiger partial charge is 0.384 e. The summed E-state index contributed by atoms with van der Waals surface area (Å²) in [4.78, 5) is 7.24. The Morgan fingerprint density at radius 3 is 2.33 bits per heavy atom. The van der Waals surface area contributed by atoms with Crippen LogP contribution >= 0.6 is 0 Å². The maximum Gasteiger partial charge on any atom is 0.221 e. The Kier molecular flexibility index (Phi) is 3.53. The van der Waals surface area contributed by atoms with Crippen LogP contribution in [-0.2, 0) is 0 Å². The number of rotatable bonds is 0. The van der Waals surface area contributed by atoms with Crippen molar-refractivity contribution in [3.8, 4) is 0 Å². The SMILES string of the molecule is Nc1ccnc(N)n1.[Na]. The minimum atomic E-state index is 0. The quantitative estimate of drug-likeness (QED) is 0.457. The van der Waals surface area contributed by atoms with Crippen molar-refractivity contribution in [2.45, 2.75) is 0 Å². The van der Waals surface area contributed by atoms with Crippen LogP contribution in [0.1, 0.15) is 0 Å². The van der Waals surface area contributed by atoms with E-state index in [0.717, 1.165) is 0 Å². The third-order valence-corrected chi connectivity index (χ3v) is 0.696. The predicted octanol–water partition coefficient (Wildman–Crippen LogP) is -0.740. The van der Waals surface area contributed by atoms with Crippen LogP contribution in [-0.4, -0.2) is 39.5 Å². The molecular weight excluding hydrogens is 127 g/mol. The fourth-order valence-corrected chi connectivity index (χ4v) is 0.388. The van der Waals surface area contributed by atoms with Crippen LogP contribution in [0.25, 0.3) is 0 Å². The van der Waals surface area contributed by atoms with Crippen molar-refractivity contribution in [2.24, 2.45) is 0 Å². The number of hydrogen-bond donors (Lipinski definition) is 2. The van der Waals surface area contributed by atoms with Gasteiger partial charge in [0.15, 0.2) is 0 Å². The normalized spacial score (nSPS) is 8.00. The van der Waals surface area contributed by atoms with Gasteiger partial charge in [-0.1, -0.05) is 0 Å². The van der Waals surface area contributed by atoms with Crippen molar-refractivity contribution in [3.05, 3.63) is 12.3 Å². The Balaban J connectivity index is 0.000000640. The van der Waals surface area contributed by atoms with Crippen molar-refractivity contribution >= 4 is 41.3 Å². The number of nitrogens with zero attached hydrogens (tertiary/aromatic N) is 2. The molecule has 0 saturated carbocycles. The molecule has 0 fully saturated rings. The van der Waals surface area contributed by atoms with Crippen LogP contribution < -0.4 is 11.5 Å². The monoisotopic (exact) mass is 133 g/mol. The van der Waals surface area contributed by atoms with Gasteiger partial charge in [0.2, 0.25) is 5.95 Å². The van der Waals surface area contributed by atoms with Gasteiger partial charge in [-0.15, -0.1) is 0 Å². The second-order valence-electron chi connectivity index (χ2n) is 1.34. The molecule has 9 heavy (non-hydrogen) atoms. The first kappa shape index (κ1) is 8.68. The van der Waals surface area contributed by atoms with Gasteiger partial charge in [0.05, 0.1) is 0 Å². The Labute approximate surface area is 75.0 Å². The minimum Gasteiger partial charge on any atom is -0.384 e. The Hall–Kier alpha value is -0.320. The molecule has 0 unspecified atom stereocenters. The van der Waals surface area contributed by atoms with Crippen LogP contribution in [0.3, 0.4) is 0 Å². The van der Waals surface area contributed by atoms with E-state index in [0.29, 0.717) is 5.82 Å². The molecule has 4 nitrogen and oxygen atoms in total. The summed E-state index contributed by atoms with van der Waals surface area (Å²) in [5.74, 6) is 0.613. The summed E-state index contributed by atoms with van der Waals surface area (Å²) < 4.78 is 0. The average molecular weight is 133 g/mol. The first-order valence-corrected chi connectivity index (χ1v) is 2.13. The number of nitrogens with two attached hydrogens (primary N) is 2. The third kappa shape index (κ3) is 2.64. The summed E-state index contributed by atoms with van der Waals surface area (Å²) in [5, 5.41) is 0. The van der Waals surface area contributed by atoms with E-state index in [1.165, 1.54) is 6.20 Å². The molecule has 1 aromatic rings. The van der Waals surface area contributed by atoms with Crippen molar-refractivity contribution in [3.63, 3.8) is 0 Å². The minimum absolute atomic E-state index is 0. The van der Waals surface area contributed by atoms with Crippen LogP contribution in [0.4, 0.5) is 11.8 Å². The van der Waals surface area contributed by atoms with Crippen molar-refractivity contribution in [1.82, 2.24) is 9.97 Å². The Bertz CT molecular complexity index is 172. The molecule has 43 valence electrons. The molecule has 0 atom stereocenters. The van der Waals surface area contributed by atoms with E-state index in [-0.39, 0.29) is 35.5 Å². The number of aromatic nitrogens is 2. The van der Waals surface area contributed by atoms with Gasteiger partial charge in [-0.3, -0.25) is 0 Å². The zero-order chi connectivity index (χ0) is 5.98. The summed E-state index contributed by atoms with van der Waals surface area (Å²) in [5.41, 5.74) is 10.4. The molecule has 0 aromatic carbocycles. The van der Waals surface area contributed by atoms with Gasteiger partial charge in [0, 0.05) is 35.8 Å². The average Bonchev–Trinajstić information content (AvgIpc) is 1.64. The van der Waals surface area contributed by atoms with Crippen molar-refractivity contribution < 1.29 is 0 Å². The molecule has 0 saturated heterocycles. The van der Waals surface area contributed by atoms with E-state index in [1.54, 1.807) is 6.07 Å². The molecule has 5 heteroatoms. The first-order valence-electron chi connectivity index (χ1n) is 2.13. The summed E-state index contributed by atoms with van der Waals surface area (Å²) in [6.45, 7) is 0. The Morgan fingerprint density at radius 2 is 2.00 bits per heavy atom. The summed E-state index contributed by atoms with van der Waals surface area (Å²) >= 11 is 0. The van der Waals surface area contributed by atoms with Gasteiger partial charge in [-0.2, -0.15) is 4.98 Å². The molecule has 0 aliphatic heterocycles. The Morgan fingerprint density at radius 1 is 1.33 bits per heavy atom. The molecule has 0 spiro atoms. The molecule has 1 rings (SSSR count). The van der Waals surface area contributed by atoms with E-state index < -0.39 is 0 Å². The zero-order valence-corrected chi connectivity index (χ0v) is 7.20. The van der Waals surface area contributed by atoms with Gasteiger partial charge < -0.3 is 11.5 Å². The van der Waals surface area contributed by atoms with Gasteiger partial charge in [0.1, 0.15) is 5.82 Å². The fraction of sp³-hybridized carbons (Fsp3) is 0. The van der Waals surface area contributed by atoms with Crippen LogP contribution in [0, 0.1) is 0 Å². The van der Waals surface area contributed by atoms with Crippen LogP contribution in [0.2, 0.25) is 0 Å². The first-order chi connectivity index (χ1) is 3.79. The second kappa shape index (κ2) is 3.66. The molecule has 1 radical (unpaired) electrons. The number of anilines is 2. The number of nitrogen functional groups attached to an aromatic ring is 2. The van der Waals surface area contributed by atoms with Gasteiger partial charge in [-0.05, 0) is 6.07 Å². The molecule has 4 N–H and O–H groups in total. The topological polar surface area (TPSA) is 77.8 Å². The maximum absolute atomic E-state index is 5.23. The third-order valence-electron chi connectivity index (χ3n) is 0.696. The molecule has 1 heterocycles. The fourth-order valence-electron chi connectivity index (χ4n) is 0.388. The summed E-state index contributed by atoms with van der Waals surface area (Å²) in [7, 11) is 0. The predicted molar refractivity (Wildman–Crippen MR) is 36.6 cm³/mol. The zero-order valence-electron chi connectivity index (χ0n) is 5.20. The van der Waals surface area contributed by atoms with E-state index in [1.807, 2.05) is 0 Å². The molecule has 0 aliphatic rings. The van der Waals surface area contributed by atoms with E-state index >= 15 is 0 Å². The molecular formula is C4H6N4Na. The van der Waals surface area contributed by atoms with Crippen molar-refractivity contribution in [1.29, 1.82) is 0 Å². The second-order valence-corrected chi connectivity index (χ2v) is 1.34. The van der Waals surface area contributed by atoms with Crippen LogP contribution in [0.15, 0.2) is 12.3 Å². The van der Waals surface area contributed by atoms with E-state index in [2.05, 4.69) is 9.97 Å². The van der Waals surface area contributed by atoms with Crippen LogP contribution in [0.5, 0.6) is 0 Å². The van der Waals surface area contributed by atoms with Gasteiger partial charge >= 0.3 is 0 Å². The van der Waals surface area contributed by atoms with Crippen molar-refractivity contribution in [2.75, 3.05) is 11.5 Å². The summed E-state index contributed by atoms with van der Waals surface area (Å²) in [6.07, 6.45) is 1.51. The molecule has 0 amide bonds. The van der Waals surface area contributed by atoms with Gasteiger partial charge in [-0.25, -0.2) is 4.98 Å². The standard InChI is InChI=1S/C4H6N4.Na/c5-3-1-2-7-4(6)8-3;/h1-2H,(H4,5,6,7,8);. The van der Waals surface area contributed by atoms with E-state index in [9.17, 15) is 0 Å². The number of hydrogen-bond acceptors (Lipinski definition) is 4. The molecule has 0 aliphatic carbocycles. The van der Waals surface area contributed by atoms with Gasteiger partial charge in [0.25, 0.3) is 0 Å². The maximum atomic E-state index is 5.23. The van der Waals surface area contributed by atoms with E-state index in [4.69, 9.17) is 11.5 Å².